The molecular formula is C20H25FN2O2. The van der Waals surface area contributed by atoms with Crippen LogP contribution in [0.15, 0.2) is 42.5 Å². The molecule has 4 nitrogen and oxygen atoms in total. The van der Waals surface area contributed by atoms with Crippen LogP contribution in [-0.2, 0) is 4.79 Å². The topological polar surface area (TPSA) is 41.6 Å². The zero-order chi connectivity index (χ0) is 18.4. The molecule has 0 aliphatic rings. The number of amides is 1. The number of hydrogen-bond acceptors (Lipinski definition) is 3. The van der Waals surface area contributed by atoms with E-state index in [0.29, 0.717) is 12.3 Å². The third-order valence-corrected chi connectivity index (χ3v) is 4.04. The number of aryl methyl sites for hydroxylation is 2. The van der Waals surface area contributed by atoms with Crippen LogP contribution in [0.1, 0.15) is 22.7 Å². The van der Waals surface area contributed by atoms with E-state index in [-0.39, 0.29) is 24.4 Å². The van der Waals surface area contributed by atoms with Crippen molar-refractivity contribution in [1.29, 1.82) is 0 Å². The molecular weight excluding hydrogens is 319 g/mol. The first-order valence-electron chi connectivity index (χ1n) is 8.25. The molecule has 0 spiro atoms. The molecule has 0 saturated heterocycles. The second-order valence-electron chi connectivity index (χ2n) is 6.40. The molecule has 2 rings (SSSR count). The number of carbonyl (C=O) groups excluding carboxylic acids is 1. The van der Waals surface area contributed by atoms with Crippen LogP contribution in [0.25, 0.3) is 0 Å². The minimum Gasteiger partial charge on any atom is -0.484 e. The molecule has 2 aromatic carbocycles. The van der Waals surface area contributed by atoms with Gasteiger partial charge in [0.05, 0.1) is 6.04 Å². The lowest BCUT2D eigenvalue weighted by Gasteiger charge is -2.25. The molecule has 0 aliphatic heterocycles. The Labute approximate surface area is 148 Å². The van der Waals surface area contributed by atoms with Crippen LogP contribution in [0, 0.1) is 19.7 Å². The summed E-state index contributed by atoms with van der Waals surface area (Å²) in [5.41, 5.74) is 2.97. The number of carbonyl (C=O) groups is 1. The van der Waals surface area contributed by atoms with Crippen molar-refractivity contribution in [3.05, 3.63) is 65.0 Å². The Morgan fingerprint density at radius 2 is 1.96 bits per heavy atom. The monoisotopic (exact) mass is 344 g/mol. The third-order valence-electron chi connectivity index (χ3n) is 4.04. The Hall–Kier alpha value is -2.40. The number of rotatable bonds is 7. The normalized spacial score (nSPS) is 12.1. The van der Waals surface area contributed by atoms with Gasteiger partial charge in [-0.2, -0.15) is 0 Å². The van der Waals surface area contributed by atoms with Crippen LogP contribution in [-0.4, -0.2) is 38.1 Å². The van der Waals surface area contributed by atoms with E-state index in [1.165, 1.54) is 12.1 Å². The summed E-state index contributed by atoms with van der Waals surface area (Å²) in [7, 11) is 3.79. The highest BCUT2D eigenvalue weighted by atomic mass is 19.1. The summed E-state index contributed by atoms with van der Waals surface area (Å²) in [4.78, 5) is 14.0. The first kappa shape index (κ1) is 18.9. The summed E-state index contributed by atoms with van der Waals surface area (Å²) >= 11 is 0. The Balaban J connectivity index is 1.91. The van der Waals surface area contributed by atoms with Crippen molar-refractivity contribution >= 4 is 5.91 Å². The lowest BCUT2D eigenvalue weighted by molar-refractivity contribution is -0.123. The van der Waals surface area contributed by atoms with Gasteiger partial charge >= 0.3 is 0 Å². The first-order chi connectivity index (χ1) is 11.9. The number of halogens is 1. The van der Waals surface area contributed by atoms with Crippen LogP contribution >= 0.6 is 0 Å². The molecule has 0 bridgehead atoms. The van der Waals surface area contributed by atoms with E-state index >= 15 is 0 Å². The SMILES string of the molecule is Cc1ccc(OCC(=O)NCC(c2cccc(F)c2)N(C)C)c(C)c1. The lowest BCUT2D eigenvalue weighted by atomic mass is 10.1. The summed E-state index contributed by atoms with van der Waals surface area (Å²) in [5, 5.41) is 2.86. The van der Waals surface area contributed by atoms with Crippen LogP contribution in [0.4, 0.5) is 4.39 Å². The summed E-state index contributed by atoms with van der Waals surface area (Å²) in [6, 6.07) is 12.1. The number of nitrogens with one attached hydrogen (secondary N) is 1. The number of likely N-dealkylation sites (N-methyl/N-ethyl adjacent to an activating group) is 1. The summed E-state index contributed by atoms with van der Waals surface area (Å²) in [6.07, 6.45) is 0. The first-order valence-corrected chi connectivity index (χ1v) is 8.25. The van der Waals surface area contributed by atoms with E-state index in [2.05, 4.69) is 5.32 Å². The van der Waals surface area contributed by atoms with Crippen molar-refractivity contribution in [2.45, 2.75) is 19.9 Å². The van der Waals surface area contributed by atoms with Crippen molar-refractivity contribution in [2.24, 2.45) is 0 Å². The number of nitrogens with zero attached hydrogens (tertiary/aromatic N) is 1. The fourth-order valence-corrected chi connectivity index (χ4v) is 2.68. The molecule has 134 valence electrons. The van der Waals surface area contributed by atoms with Crippen LogP contribution in [0.3, 0.4) is 0 Å². The fourth-order valence-electron chi connectivity index (χ4n) is 2.68. The van der Waals surface area contributed by atoms with Crippen molar-refractivity contribution < 1.29 is 13.9 Å². The molecule has 1 N–H and O–H groups in total. The van der Waals surface area contributed by atoms with E-state index < -0.39 is 0 Å². The highest BCUT2D eigenvalue weighted by Gasteiger charge is 2.16. The minimum atomic E-state index is -0.283. The molecule has 1 atom stereocenters. The Morgan fingerprint density at radius 1 is 1.20 bits per heavy atom. The van der Waals surface area contributed by atoms with Gasteiger partial charge in [0.2, 0.25) is 0 Å². The van der Waals surface area contributed by atoms with Gasteiger partial charge in [-0.15, -0.1) is 0 Å². The summed E-state index contributed by atoms with van der Waals surface area (Å²) in [5.74, 6) is 0.215. The quantitative estimate of drug-likeness (QED) is 0.838. The number of hydrogen-bond donors (Lipinski definition) is 1. The van der Waals surface area contributed by atoms with Crippen molar-refractivity contribution in [3.63, 3.8) is 0 Å². The van der Waals surface area contributed by atoms with Crippen LogP contribution in [0.5, 0.6) is 5.75 Å². The van der Waals surface area contributed by atoms with E-state index in [1.807, 2.05) is 57.1 Å². The fraction of sp³-hybridized carbons (Fsp3) is 0.350. The van der Waals surface area contributed by atoms with E-state index in [1.54, 1.807) is 6.07 Å². The molecule has 0 heterocycles. The van der Waals surface area contributed by atoms with Gasteiger partial charge in [0.1, 0.15) is 11.6 Å². The maximum atomic E-state index is 13.4. The Morgan fingerprint density at radius 3 is 2.60 bits per heavy atom. The zero-order valence-corrected chi connectivity index (χ0v) is 15.2. The lowest BCUT2D eigenvalue weighted by Crippen LogP contribution is -2.37. The molecule has 0 aromatic heterocycles. The summed E-state index contributed by atoms with van der Waals surface area (Å²) < 4.78 is 19.0. The Kier molecular flexibility index (Phi) is 6.53. The predicted octanol–water partition coefficient (Wildman–Crippen LogP) is 3.24. The highest BCUT2D eigenvalue weighted by molar-refractivity contribution is 5.77. The molecule has 5 heteroatoms. The average Bonchev–Trinajstić information content (AvgIpc) is 2.54. The largest absolute Gasteiger partial charge is 0.484 e. The van der Waals surface area contributed by atoms with Crippen LogP contribution < -0.4 is 10.1 Å². The molecule has 1 unspecified atom stereocenters. The van der Waals surface area contributed by atoms with Gasteiger partial charge in [0.15, 0.2) is 6.61 Å². The number of ether oxygens (including phenoxy) is 1. The molecule has 0 fully saturated rings. The van der Waals surface area contributed by atoms with Crippen molar-refractivity contribution in [3.8, 4) is 5.75 Å². The molecule has 0 saturated carbocycles. The second kappa shape index (κ2) is 8.62. The minimum absolute atomic E-state index is 0.0484. The molecule has 0 aliphatic carbocycles. The average molecular weight is 344 g/mol. The van der Waals surface area contributed by atoms with Gasteiger partial charge in [0, 0.05) is 6.54 Å². The van der Waals surface area contributed by atoms with Gasteiger partial charge in [-0.3, -0.25) is 4.79 Å². The molecule has 2 aromatic rings. The predicted molar refractivity (Wildman–Crippen MR) is 97.2 cm³/mol. The number of benzene rings is 2. The van der Waals surface area contributed by atoms with Gasteiger partial charge < -0.3 is 15.0 Å². The van der Waals surface area contributed by atoms with Crippen molar-refractivity contribution in [1.82, 2.24) is 10.2 Å². The third kappa shape index (κ3) is 5.57. The summed E-state index contributed by atoms with van der Waals surface area (Å²) in [6.45, 7) is 4.29. The van der Waals surface area contributed by atoms with Crippen molar-refractivity contribution in [2.75, 3.05) is 27.2 Å². The molecule has 25 heavy (non-hydrogen) atoms. The zero-order valence-electron chi connectivity index (χ0n) is 15.2. The van der Waals surface area contributed by atoms with Gasteiger partial charge in [-0.25, -0.2) is 4.39 Å². The Bertz CT molecular complexity index is 731. The van der Waals surface area contributed by atoms with E-state index in [0.717, 1.165) is 16.7 Å². The van der Waals surface area contributed by atoms with Gasteiger partial charge in [0.25, 0.3) is 5.91 Å². The van der Waals surface area contributed by atoms with E-state index in [9.17, 15) is 9.18 Å². The van der Waals surface area contributed by atoms with Gasteiger partial charge in [-0.1, -0.05) is 29.8 Å². The van der Waals surface area contributed by atoms with Gasteiger partial charge in [-0.05, 0) is 57.3 Å². The highest BCUT2D eigenvalue weighted by Crippen LogP contribution is 2.19. The maximum absolute atomic E-state index is 13.4. The maximum Gasteiger partial charge on any atom is 0.258 e. The molecule has 1 amide bonds. The van der Waals surface area contributed by atoms with E-state index in [4.69, 9.17) is 4.74 Å². The molecule has 0 radical (unpaired) electrons. The second-order valence-corrected chi connectivity index (χ2v) is 6.40. The standard InChI is InChI=1S/C20H25FN2O2/c1-14-8-9-19(15(2)10-14)25-13-20(24)22-12-18(23(3)4)16-6-5-7-17(21)11-16/h5-11,18H,12-13H2,1-4H3,(H,22,24). The van der Waals surface area contributed by atoms with Crippen LogP contribution in [0.2, 0.25) is 0 Å². The smallest absolute Gasteiger partial charge is 0.258 e.